The van der Waals surface area contributed by atoms with E-state index in [0.29, 0.717) is 16.8 Å². The van der Waals surface area contributed by atoms with Gasteiger partial charge in [-0.1, -0.05) is 11.6 Å². The minimum atomic E-state index is 0. The highest BCUT2D eigenvalue weighted by Gasteiger charge is 2.14. The van der Waals surface area contributed by atoms with Gasteiger partial charge in [-0.05, 0) is 31.5 Å². The summed E-state index contributed by atoms with van der Waals surface area (Å²) in [5.74, 6) is 1.28. The average Bonchev–Trinajstić information content (AvgIpc) is 2.29. The Hall–Kier alpha value is -0.510. The van der Waals surface area contributed by atoms with E-state index in [1.54, 1.807) is 6.20 Å². The minimum Gasteiger partial charge on any atom is -0.490 e. The van der Waals surface area contributed by atoms with Crippen molar-refractivity contribution in [2.45, 2.75) is 12.8 Å². The lowest BCUT2D eigenvalue weighted by Gasteiger charge is -2.22. The normalized spacial score (nSPS) is 19.9. The predicted octanol–water partition coefficient (Wildman–Crippen LogP) is 2.54. The number of halogens is 2. The van der Waals surface area contributed by atoms with Gasteiger partial charge in [0.15, 0.2) is 10.9 Å². The molecule has 1 saturated heterocycles. The van der Waals surface area contributed by atoms with Crippen molar-refractivity contribution in [3.05, 3.63) is 23.5 Å². The van der Waals surface area contributed by atoms with E-state index in [-0.39, 0.29) is 12.4 Å². The van der Waals surface area contributed by atoms with Crippen LogP contribution in [-0.4, -0.2) is 24.7 Å². The van der Waals surface area contributed by atoms with Crippen LogP contribution in [0, 0.1) is 5.92 Å². The molecule has 0 radical (unpaired) electrons. The van der Waals surface area contributed by atoms with Crippen LogP contribution < -0.4 is 10.1 Å². The third kappa shape index (κ3) is 3.81. The Morgan fingerprint density at radius 2 is 2.44 bits per heavy atom. The lowest BCUT2D eigenvalue weighted by molar-refractivity contribution is 0.218. The monoisotopic (exact) mass is 262 g/mol. The first kappa shape index (κ1) is 13.6. The van der Waals surface area contributed by atoms with Crippen LogP contribution in [0.2, 0.25) is 5.15 Å². The van der Waals surface area contributed by atoms with Crippen LogP contribution >= 0.6 is 24.0 Å². The molecule has 1 aromatic rings. The van der Waals surface area contributed by atoms with E-state index in [1.165, 1.54) is 12.8 Å². The first-order chi connectivity index (χ1) is 7.36. The van der Waals surface area contributed by atoms with Crippen LogP contribution in [0.5, 0.6) is 5.75 Å². The van der Waals surface area contributed by atoms with Crippen molar-refractivity contribution in [2.75, 3.05) is 19.7 Å². The molecule has 1 aromatic heterocycles. The first-order valence-electron chi connectivity index (χ1n) is 5.30. The first-order valence-corrected chi connectivity index (χ1v) is 5.68. The number of hydrogen-bond donors (Lipinski definition) is 1. The van der Waals surface area contributed by atoms with Gasteiger partial charge in [0.25, 0.3) is 0 Å². The van der Waals surface area contributed by atoms with Crippen LogP contribution in [-0.2, 0) is 0 Å². The summed E-state index contributed by atoms with van der Waals surface area (Å²) in [6.45, 7) is 2.89. The maximum atomic E-state index is 5.89. The number of nitrogens with one attached hydrogen (secondary N) is 1. The van der Waals surface area contributed by atoms with Gasteiger partial charge in [-0.2, -0.15) is 0 Å². The molecule has 0 amide bonds. The van der Waals surface area contributed by atoms with Crippen molar-refractivity contribution in [1.82, 2.24) is 10.3 Å². The van der Waals surface area contributed by atoms with E-state index in [4.69, 9.17) is 16.3 Å². The molecule has 1 N–H and O–H groups in total. The Kier molecular flexibility index (Phi) is 5.88. The zero-order chi connectivity index (χ0) is 10.5. The fraction of sp³-hybridized carbons (Fsp3) is 0.545. The topological polar surface area (TPSA) is 34.1 Å². The molecule has 0 aromatic carbocycles. The molecule has 90 valence electrons. The van der Waals surface area contributed by atoms with Gasteiger partial charge in [0.05, 0.1) is 6.61 Å². The van der Waals surface area contributed by atoms with E-state index >= 15 is 0 Å². The van der Waals surface area contributed by atoms with Crippen molar-refractivity contribution in [2.24, 2.45) is 5.92 Å². The Labute approximate surface area is 107 Å². The third-order valence-corrected chi connectivity index (χ3v) is 2.88. The fourth-order valence-corrected chi connectivity index (χ4v) is 1.93. The molecule has 2 rings (SSSR count). The Morgan fingerprint density at radius 3 is 3.12 bits per heavy atom. The van der Waals surface area contributed by atoms with Crippen LogP contribution in [0.25, 0.3) is 0 Å². The smallest absolute Gasteiger partial charge is 0.171 e. The second kappa shape index (κ2) is 6.94. The van der Waals surface area contributed by atoms with Gasteiger partial charge in [-0.25, -0.2) is 4.98 Å². The number of aromatic nitrogens is 1. The van der Waals surface area contributed by atoms with Crippen LogP contribution in [0.1, 0.15) is 12.8 Å². The second-order valence-electron chi connectivity index (χ2n) is 3.82. The highest BCUT2D eigenvalue weighted by atomic mass is 35.5. The summed E-state index contributed by atoms with van der Waals surface area (Å²) in [5, 5.41) is 3.80. The lowest BCUT2D eigenvalue weighted by Crippen LogP contribution is -2.33. The summed E-state index contributed by atoms with van der Waals surface area (Å²) in [5.41, 5.74) is 0. The molecule has 1 aliphatic heterocycles. The van der Waals surface area contributed by atoms with E-state index < -0.39 is 0 Å². The number of piperidine rings is 1. The highest BCUT2D eigenvalue weighted by molar-refractivity contribution is 6.30. The Bertz CT molecular complexity index is 317. The molecular formula is C11H16Cl2N2O. The molecule has 0 saturated carbocycles. The molecular weight excluding hydrogens is 247 g/mol. The summed E-state index contributed by atoms with van der Waals surface area (Å²) >= 11 is 5.89. The highest BCUT2D eigenvalue weighted by Crippen LogP contribution is 2.21. The molecule has 0 aliphatic carbocycles. The Morgan fingerprint density at radius 1 is 1.56 bits per heavy atom. The number of nitrogens with zero attached hydrogens (tertiary/aromatic N) is 1. The average molecular weight is 263 g/mol. The predicted molar refractivity (Wildman–Crippen MR) is 67.6 cm³/mol. The van der Waals surface area contributed by atoms with Gasteiger partial charge in [0.2, 0.25) is 0 Å². The largest absolute Gasteiger partial charge is 0.490 e. The summed E-state index contributed by atoms with van der Waals surface area (Å²) in [4.78, 5) is 3.97. The van der Waals surface area contributed by atoms with E-state index in [1.807, 2.05) is 12.1 Å². The summed E-state index contributed by atoms with van der Waals surface area (Å²) in [7, 11) is 0. The number of ether oxygens (including phenoxy) is 1. The van der Waals surface area contributed by atoms with Crippen molar-refractivity contribution in [1.29, 1.82) is 0 Å². The maximum Gasteiger partial charge on any atom is 0.171 e. The SMILES string of the molecule is Cl.Clc1ncccc1OCC1CCCNC1. The maximum absolute atomic E-state index is 5.89. The lowest BCUT2D eigenvalue weighted by atomic mass is 10.0. The van der Waals surface area contributed by atoms with Gasteiger partial charge in [-0.15, -0.1) is 12.4 Å². The molecule has 1 unspecified atom stereocenters. The molecule has 5 heteroatoms. The quantitative estimate of drug-likeness (QED) is 0.851. The van der Waals surface area contributed by atoms with Gasteiger partial charge in [0, 0.05) is 18.7 Å². The zero-order valence-electron chi connectivity index (χ0n) is 8.99. The van der Waals surface area contributed by atoms with Crippen molar-refractivity contribution < 1.29 is 4.74 Å². The van der Waals surface area contributed by atoms with E-state index in [9.17, 15) is 0 Å². The number of pyridine rings is 1. The third-order valence-electron chi connectivity index (χ3n) is 2.60. The minimum absolute atomic E-state index is 0. The summed E-state index contributed by atoms with van der Waals surface area (Å²) in [6, 6.07) is 3.69. The molecule has 0 spiro atoms. The molecule has 1 aliphatic rings. The van der Waals surface area contributed by atoms with Crippen LogP contribution in [0.4, 0.5) is 0 Å². The van der Waals surface area contributed by atoms with Crippen molar-refractivity contribution >= 4 is 24.0 Å². The van der Waals surface area contributed by atoms with Crippen LogP contribution in [0.3, 0.4) is 0 Å². The molecule has 1 fully saturated rings. The number of hydrogen-bond acceptors (Lipinski definition) is 3. The van der Waals surface area contributed by atoms with E-state index in [0.717, 1.165) is 19.7 Å². The standard InChI is InChI=1S/C11H15ClN2O.ClH/c12-11-10(4-2-6-14-11)15-8-9-3-1-5-13-7-9;/h2,4,6,9,13H,1,3,5,7-8H2;1H. The molecule has 2 heterocycles. The molecule has 16 heavy (non-hydrogen) atoms. The fourth-order valence-electron chi connectivity index (χ4n) is 1.75. The Balaban J connectivity index is 0.00000128. The summed E-state index contributed by atoms with van der Waals surface area (Å²) < 4.78 is 5.64. The van der Waals surface area contributed by atoms with Gasteiger partial charge in [0.1, 0.15) is 0 Å². The van der Waals surface area contributed by atoms with Crippen molar-refractivity contribution in [3.8, 4) is 5.75 Å². The second-order valence-corrected chi connectivity index (χ2v) is 4.17. The van der Waals surface area contributed by atoms with Gasteiger partial charge >= 0.3 is 0 Å². The van der Waals surface area contributed by atoms with Crippen LogP contribution in [0.15, 0.2) is 18.3 Å². The van der Waals surface area contributed by atoms with Gasteiger partial charge < -0.3 is 10.1 Å². The summed E-state index contributed by atoms with van der Waals surface area (Å²) in [6.07, 6.45) is 4.12. The van der Waals surface area contributed by atoms with Crippen molar-refractivity contribution in [3.63, 3.8) is 0 Å². The number of rotatable bonds is 3. The molecule has 1 atom stereocenters. The zero-order valence-corrected chi connectivity index (χ0v) is 10.6. The molecule has 3 nitrogen and oxygen atoms in total. The van der Waals surface area contributed by atoms with E-state index in [2.05, 4.69) is 10.3 Å². The van der Waals surface area contributed by atoms with Gasteiger partial charge in [-0.3, -0.25) is 0 Å². The molecule has 0 bridgehead atoms.